The highest BCUT2D eigenvalue weighted by Gasteiger charge is 2.54. The molecule has 148 valence electrons. The van der Waals surface area contributed by atoms with Crippen LogP contribution in [0.2, 0.25) is 0 Å². The molecule has 4 nitrogen and oxygen atoms in total. The fraction of sp³-hybridized carbons (Fsp3) is 0.235. The van der Waals surface area contributed by atoms with Gasteiger partial charge in [0.15, 0.2) is 5.69 Å². The Morgan fingerprint density at radius 3 is 2.39 bits per heavy atom. The fourth-order valence-corrected chi connectivity index (χ4v) is 4.12. The van der Waals surface area contributed by atoms with Crippen LogP contribution in [0.15, 0.2) is 35.2 Å². The lowest BCUT2D eigenvalue weighted by Gasteiger charge is -2.17. The van der Waals surface area contributed by atoms with E-state index >= 15 is 0 Å². The van der Waals surface area contributed by atoms with E-state index in [0.29, 0.717) is 6.07 Å². The Labute approximate surface area is 154 Å². The number of benzene rings is 2. The van der Waals surface area contributed by atoms with Crippen molar-refractivity contribution >= 4 is 15.5 Å². The fourth-order valence-electron chi connectivity index (χ4n) is 3.10. The van der Waals surface area contributed by atoms with Crippen molar-refractivity contribution in [3.05, 3.63) is 58.7 Å². The number of fused-ring (bicyclic) bond motifs is 1. The van der Waals surface area contributed by atoms with Gasteiger partial charge in [-0.15, -0.1) is 0 Å². The molecule has 3 rings (SSSR count). The maximum atomic E-state index is 14.1. The van der Waals surface area contributed by atoms with Gasteiger partial charge in [0.2, 0.25) is 0 Å². The van der Waals surface area contributed by atoms with Gasteiger partial charge in [-0.1, -0.05) is 6.07 Å². The number of nitrogens with zero attached hydrogens (tertiary/aromatic N) is 1. The highest BCUT2D eigenvalue weighted by Crippen LogP contribution is 2.50. The average molecular weight is 421 g/mol. The second-order valence-corrected chi connectivity index (χ2v) is 8.01. The van der Waals surface area contributed by atoms with Gasteiger partial charge < -0.3 is 5.11 Å². The highest BCUT2D eigenvalue weighted by molar-refractivity contribution is 7.92. The number of rotatable bonds is 2. The number of alkyl halides is 5. The van der Waals surface area contributed by atoms with E-state index in [1.165, 1.54) is 0 Å². The summed E-state index contributed by atoms with van der Waals surface area (Å²) in [6.07, 6.45) is -4.03. The van der Waals surface area contributed by atoms with E-state index in [-0.39, 0.29) is 16.8 Å². The molecule has 1 N–H and O–H groups in total. The van der Waals surface area contributed by atoms with Crippen LogP contribution in [0.5, 0.6) is 0 Å². The van der Waals surface area contributed by atoms with Gasteiger partial charge in [-0.25, -0.2) is 26.4 Å². The predicted molar refractivity (Wildman–Crippen MR) is 84.9 cm³/mol. The third-order valence-corrected chi connectivity index (χ3v) is 5.86. The number of sulfone groups is 1. The standard InChI is InChI=1S/C17H9F6NO3S/c1-24-10-5-8(4-9(18)6-10)11-2-3-13(28(26,27)17(21,22)23)14-12(11)7-16(19,20)15(14)25/h2-6,15,25H,7H2/t15-/m0/s1. The van der Waals surface area contributed by atoms with Gasteiger partial charge >= 0.3 is 5.51 Å². The van der Waals surface area contributed by atoms with Gasteiger partial charge in [0, 0.05) is 12.0 Å². The van der Waals surface area contributed by atoms with Crippen LogP contribution in [0, 0.1) is 12.4 Å². The first-order valence-electron chi connectivity index (χ1n) is 7.51. The Balaban J connectivity index is 2.35. The van der Waals surface area contributed by atoms with Crippen LogP contribution in [-0.2, 0) is 16.3 Å². The lowest BCUT2D eigenvalue weighted by Crippen LogP contribution is -2.26. The van der Waals surface area contributed by atoms with Gasteiger partial charge in [-0.2, -0.15) is 13.2 Å². The van der Waals surface area contributed by atoms with Crippen molar-refractivity contribution in [3.8, 4) is 11.1 Å². The van der Waals surface area contributed by atoms with E-state index in [1.807, 2.05) is 0 Å². The van der Waals surface area contributed by atoms with Gasteiger partial charge in [0.1, 0.15) is 11.9 Å². The minimum Gasteiger partial charge on any atom is -0.382 e. The molecule has 0 aliphatic heterocycles. The molecule has 0 aromatic heterocycles. The number of halogens is 6. The van der Waals surface area contributed by atoms with Crippen molar-refractivity contribution in [1.82, 2.24) is 0 Å². The largest absolute Gasteiger partial charge is 0.501 e. The molecule has 0 heterocycles. The minimum atomic E-state index is -6.02. The molecule has 0 spiro atoms. The Kier molecular flexibility index (Phi) is 4.48. The molecule has 0 fully saturated rings. The first-order valence-corrected chi connectivity index (χ1v) is 8.99. The Bertz CT molecular complexity index is 1120. The molecule has 0 saturated carbocycles. The Morgan fingerprint density at radius 1 is 1.18 bits per heavy atom. The first-order chi connectivity index (χ1) is 12.8. The SMILES string of the molecule is [C-]#[N+]c1cc(F)cc(-c2ccc(S(=O)(=O)C(F)(F)F)c3c2CC(F)(F)[C@H]3O)c1. The zero-order valence-electron chi connectivity index (χ0n) is 13.6. The molecule has 1 atom stereocenters. The third-order valence-electron chi connectivity index (χ3n) is 4.32. The van der Waals surface area contributed by atoms with E-state index in [1.54, 1.807) is 0 Å². The summed E-state index contributed by atoms with van der Waals surface area (Å²) in [5.74, 6) is -4.82. The molecule has 11 heteroatoms. The summed E-state index contributed by atoms with van der Waals surface area (Å²) in [5.41, 5.74) is -7.89. The maximum Gasteiger partial charge on any atom is 0.501 e. The number of aliphatic hydroxyl groups is 1. The average Bonchev–Trinajstić information content (AvgIpc) is 2.82. The van der Waals surface area contributed by atoms with E-state index in [0.717, 1.165) is 24.3 Å². The van der Waals surface area contributed by atoms with Crippen LogP contribution in [0.25, 0.3) is 16.0 Å². The van der Waals surface area contributed by atoms with Gasteiger partial charge in [-0.05, 0) is 41.0 Å². The normalized spacial score (nSPS) is 18.6. The van der Waals surface area contributed by atoms with Gasteiger partial charge in [0.05, 0.1) is 11.5 Å². The quantitative estimate of drug-likeness (QED) is 0.571. The molecular formula is C17H9F6NO3S. The maximum absolute atomic E-state index is 14.1. The smallest absolute Gasteiger partial charge is 0.382 e. The summed E-state index contributed by atoms with van der Waals surface area (Å²) in [5, 5.41) is 9.84. The van der Waals surface area contributed by atoms with Crippen molar-refractivity contribution in [1.29, 1.82) is 0 Å². The summed E-state index contributed by atoms with van der Waals surface area (Å²) < 4.78 is 104. The molecule has 0 bridgehead atoms. The molecule has 0 radical (unpaired) electrons. The Hall–Kier alpha value is -2.58. The minimum absolute atomic E-state index is 0.108. The zero-order chi connectivity index (χ0) is 21.1. The van der Waals surface area contributed by atoms with E-state index in [4.69, 9.17) is 6.57 Å². The monoisotopic (exact) mass is 421 g/mol. The van der Waals surface area contributed by atoms with Gasteiger partial charge in [-0.3, -0.25) is 0 Å². The summed E-state index contributed by atoms with van der Waals surface area (Å²) in [6, 6.07) is 4.12. The third kappa shape index (κ3) is 3.02. The summed E-state index contributed by atoms with van der Waals surface area (Å²) in [7, 11) is -6.02. The van der Waals surface area contributed by atoms with Crippen LogP contribution < -0.4 is 0 Å². The highest BCUT2D eigenvalue weighted by atomic mass is 32.2. The van der Waals surface area contributed by atoms with Crippen LogP contribution >= 0.6 is 0 Å². The predicted octanol–water partition coefficient (Wildman–Crippen LogP) is 4.56. The number of hydrogen-bond donors (Lipinski definition) is 1. The lowest BCUT2D eigenvalue weighted by molar-refractivity contribution is -0.0977. The molecule has 0 unspecified atom stereocenters. The molecule has 1 aliphatic rings. The molecule has 2 aromatic carbocycles. The molecule has 1 aliphatic carbocycles. The number of hydrogen-bond acceptors (Lipinski definition) is 3. The van der Waals surface area contributed by atoms with E-state index < -0.39 is 55.6 Å². The molecule has 0 amide bonds. The van der Waals surface area contributed by atoms with Crippen molar-refractivity contribution in [2.45, 2.75) is 28.9 Å². The zero-order valence-corrected chi connectivity index (χ0v) is 14.4. The molecule has 0 saturated heterocycles. The van der Waals surface area contributed by atoms with Crippen molar-refractivity contribution in [2.24, 2.45) is 0 Å². The van der Waals surface area contributed by atoms with Crippen LogP contribution in [0.3, 0.4) is 0 Å². The molecule has 28 heavy (non-hydrogen) atoms. The first kappa shape index (κ1) is 20.2. The second kappa shape index (κ2) is 6.22. The topological polar surface area (TPSA) is 58.7 Å². The van der Waals surface area contributed by atoms with Crippen LogP contribution in [-0.4, -0.2) is 25.0 Å². The van der Waals surface area contributed by atoms with Crippen molar-refractivity contribution < 1.29 is 39.9 Å². The second-order valence-electron chi connectivity index (χ2n) is 6.10. The van der Waals surface area contributed by atoms with Gasteiger partial charge in [0.25, 0.3) is 15.8 Å². The summed E-state index contributed by atoms with van der Waals surface area (Å²) in [4.78, 5) is 1.53. The summed E-state index contributed by atoms with van der Waals surface area (Å²) >= 11 is 0. The van der Waals surface area contributed by atoms with E-state index in [2.05, 4.69) is 4.85 Å². The van der Waals surface area contributed by atoms with Crippen molar-refractivity contribution in [3.63, 3.8) is 0 Å². The molecular weight excluding hydrogens is 412 g/mol. The van der Waals surface area contributed by atoms with Crippen LogP contribution in [0.1, 0.15) is 17.2 Å². The van der Waals surface area contributed by atoms with E-state index in [9.17, 15) is 39.9 Å². The number of aliphatic hydroxyl groups excluding tert-OH is 1. The van der Waals surface area contributed by atoms with Crippen molar-refractivity contribution in [2.75, 3.05) is 0 Å². The van der Waals surface area contributed by atoms with Crippen LogP contribution in [0.4, 0.5) is 32.0 Å². The molecule has 2 aromatic rings. The Morgan fingerprint density at radius 2 is 1.82 bits per heavy atom. The lowest BCUT2D eigenvalue weighted by atomic mass is 9.96. The summed E-state index contributed by atoms with van der Waals surface area (Å²) in [6.45, 7) is 6.93.